The lowest BCUT2D eigenvalue weighted by Crippen LogP contribution is -2.57. The molecule has 1 heterocycles. The standard InChI is InChI=1S/C21H25F2N3O/c1-15(18-9-8-17(22)14-19(18)23)25-10-12-26(13-11-25)20(27)21(2,24)16-6-4-3-5-7-16/h3-9,14-15H,10-13,24H2,1-2H3. The van der Waals surface area contributed by atoms with Crippen LogP contribution in [0.3, 0.4) is 0 Å². The minimum absolute atomic E-state index is 0.117. The Kier molecular flexibility index (Phi) is 5.58. The Morgan fingerprint density at radius 3 is 2.30 bits per heavy atom. The molecular formula is C21H25F2N3O. The summed E-state index contributed by atoms with van der Waals surface area (Å²) in [6.45, 7) is 5.87. The first-order chi connectivity index (χ1) is 12.8. The topological polar surface area (TPSA) is 49.6 Å². The molecule has 144 valence electrons. The zero-order valence-corrected chi connectivity index (χ0v) is 15.7. The lowest BCUT2D eigenvalue weighted by atomic mass is 9.91. The second-order valence-corrected chi connectivity index (χ2v) is 7.24. The van der Waals surface area contributed by atoms with Gasteiger partial charge in [0, 0.05) is 43.9 Å². The average molecular weight is 373 g/mol. The molecule has 1 amide bonds. The van der Waals surface area contributed by atoms with Crippen LogP contribution in [0.25, 0.3) is 0 Å². The largest absolute Gasteiger partial charge is 0.338 e. The number of nitrogens with zero attached hydrogens (tertiary/aromatic N) is 2. The highest BCUT2D eigenvalue weighted by Gasteiger charge is 2.36. The van der Waals surface area contributed by atoms with Crippen molar-refractivity contribution >= 4 is 5.91 Å². The van der Waals surface area contributed by atoms with Crippen molar-refractivity contribution in [1.82, 2.24) is 9.80 Å². The van der Waals surface area contributed by atoms with E-state index in [1.807, 2.05) is 37.3 Å². The highest BCUT2D eigenvalue weighted by atomic mass is 19.1. The molecule has 2 aromatic rings. The number of carbonyl (C=O) groups is 1. The minimum Gasteiger partial charge on any atom is -0.338 e. The van der Waals surface area contributed by atoms with E-state index in [9.17, 15) is 13.6 Å². The van der Waals surface area contributed by atoms with Gasteiger partial charge in [-0.05, 0) is 25.5 Å². The number of hydrogen-bond donors (Lipinski definition) is 1. The van der Waals surface area contributed by atoms with Gasteiger partial charge in [-0.15, -0.1) is 0 Å². The van der Waals surface area contributed by atoms with E-state index in [2.05, 4.69) is 4.90 Å². The van der Waals surface area contributed by atoms with E-state index in [1.165, 1.54) is 12.1 Å². The van der Waals surface area contributed by atoms with Gasteiger partial charge in [0.1, 0.15) is 17.2 Å². The minimum atomic E-state index is -1.09. The van der Waals surface area contributed by atoms with Crippen LogP contribution in [0.4, 0.5) is 8.78 Å². The molecule has 0 spiro atoms. The van der Waals surface area contributed by atoms with Crippen molar-refractivity contribution in [2.24, 2.45) is 5.73 Å². The number of rotatable bonds is 4. The number of amides is 1. The van der Waals surface area contributed by atoms with Gasteiger partial charge in [0.15, 0.2) is 0 Å². The van der Waals surface area contributed by atoms with Crippen molar-refractivity contribution in [2.75, 3.05) is 26.2 Å². The van der Waals surface area contributed by atoms with Crippen LogP contribution < -0.4 is 5.73 Å². The average Bonchev–Trinajstić information content (AvgIpc) is 2.68. The van der Waals surface area contributed by atoms with Crippen molar-refractivity contribution in [3.63, 3.8) is 0 Å². The first-order valence-electron chi connectivity index (χ1n) is 9.13. The third-order valence-electron chi connectivity index (χ3n) is 5.38. The summed E-state index contributed by atoms with van der Waals surface area (Å²) in [5.74, 6) is -1.24. The molecule has 4 nitrogen and oxygen atoms in total. The van der Waals surface area contributed by atoms with Crippen LogP contribution in [0.15, 0.2) is 48.5 Å². The van der Waals surface area contributed by atoms with E-state index in [1.54, 1.807) is 11.8 Å². The zero-order chi connectivity index (χ0) is 19.6. The van der Waals surface area contributed by atoms with Crippen molar-refractivity contribution in [3.05, 3.63) is 71.3 Å². The van der Waals surface area contributed by atoms with Gasteiger partial charge in [-0.25, -0.2) is 8.78 Å². The normalized spacial score (nSPS) is 18.8. The van der Waals surface area contributed by atoms with Crippen LogP contribution in [0.1, 0.15) is 31.0 Å². The highest BCUT2D eigenvalue weighted by Crippen LogP contribution is 2.26. The fourth-order valence-electron chi connectivity index (χ4n) is 3.59. The van der Waals surface area contributed by atoms with Crippen LogP contribution in [0.2, 0.25) is 0 Å². The van der Waals surface area contributed by atoms with Gasteiger partial charge >= 0.3 is 0 Å². The Morgan fingerprint density at radius 1 is 1.07 bits per heavy atom. The molecule has 0 saturated carbocycles. The maximum Gasteiger partial charge on any atom is 0.247 e. The molecule has 3 rings (SSSR count). The lowest BCUT2D eigenvalue weighted by Gasteiger charge is -2.41. The predicted molar refractivity (Wildman–Crippen MR) is 101 cm³/mol. The smallest absolute Gasteiger partial charge is 0.247 e. The Balaban J connectivity index is 1.65. The zero-order valence-electron chi connectivity index (χ0n) is 15.7. The van der Waals surface area contributed by atoms with Crippen LogP contribution in [0, 0.1) is 11.6 Å². The molecule has 2 aromatic carbocycles. The van der Waals surface area contributed by atoms with E-state index in [4.69, 9.17) is 5.73 Å². The molecule has 1 fully saturated rings. The molecule has 0 bridgehead atoms. The number of carbonyl (C=O) groups excluding carboxylic acids is 1. The molecule has 0 aliphatic carbocycles. The fourth-order valence-corrected chi connectivity index (χ4v) is 3.59. The second-order valence-electron chi connectivity index (χ2n) is 7.24. The molecule has 0 aromatic heterocycles. The van der Waals surface area contributed by atoms with Crippen molar-refractivity contribution in [2.45, 2.75) is 25.4 Å². The Hall–Kier alpha value is -2.31. The summed E-state index contributed by atoms with van der Waals surface area (Å²) in [5.41, 5.74) is 6.50. The van der Waals surface area contributed by atoms with Gasteiger partial charge in [0.2, 0.25) is 5.91 Å². The van der Waals surface area contributed by atoms with Crippen LogP contribution >= 0.6 is 0 Å². The molecular weight excluding hydrogens is 348 g/mol. The van der Waals surface area contributed by atoms with Gasteiger partial charge in [-0.1, -0.05) is 36.4 Å². The van der Waals surface area contributed by atoms with Crippen LogP contribution in [-0.2, 0) is 10.3 Å². The molecule has 27 heavy (non-hydrogen) atoms. The molecule has 2 unspecified atom stereocenters. The monoisotopic (exact) mass is 373 g/mol. The van der Waals surface area contributed by atoms with E-state index in [0.717, 1.165) is 11.6 Å². The van der Waals surface area contributed by atoms with Crippen LogP contribution in [0.5, 0.6) is 0 Å². The van der Waals surface area contributed by atoms with Gasteiger partial charge in [0.05, 0.1) is 0 Å². The Bertz CT molecular complexity index is 802. The van der Waals surface area contributed by atoms with Gasteiger partial charge < -0.3 is 10.6 Å². The SMILES string of the molecule is CC(c1ccc(F)cc1F)N1CCN(C(=O)C(C)(N)c2ccccc2)CC1. The first-order valence-corrected chi connectivity index (χ1v) is 9.13. The fraction of sp³-hybridized carbons (Fsp3) is 0.381. The third-order valence-corrected chi connectivity index (χ3v) is 5.38. The molecule has 1 saturated heterocycles. The van der Waals surface area contributed by atoms with Gasteiger partial charge in [-0.2, -0.15) is 0 Å². The summed E-state index contributed by atoms with van der Waals surface area (Å²) in [4.78, 5) is 16.8. The van der Waals surface area contributed by atoms with Crippen molar-refractivity contribution in [3.8, 4) is 0 Å². The second kappa shape index (κ2) is 7.74. The van der Waals surface area contributed by atoms with E-state index < -0.39 is 17.2 Å². The molecule has 2 atom stereocenters. The molecule has 1 aliphatic heterocycles. The maximum absolute atomic E-state index is 14.1. The summed E-state index contributed by atoms with van der Waals surface area (Å²) < 4.78 is 27.2. The highest BCUT2D eigenvalue weighted by molar-refractivity contribution is 5.87. The summed E-state index contributed by atoms with van der Waals surface area (Å²) in [6, 6.07) is 12.8. The Morgan fingerprint density at radius 2 is 1.70 bits per heavy atom. The van der Waals surface area contributed by atoms with E-state index >= 15 is 0 Å². The van der Waals surface area contributed by atoms with Crippen molar-refractivity contribution in [1.29, 1.82) is 0 Å². The predicted octanol–water partition coefficient (Wildman–Crippen LogP) is 3.04. The summed E-state index contributed by atoms with van der Waals surface area (Å²) in [6.07, 6.45) is 0. The quantitative estimate of drug-likeness (QED) is 0.896. The number of nitrogens with two attached hydrogens (primary N) is 1. The number of piperazine rings is 1. The molecule has 0 radical (unpaired) electrons. The number of halogens is 2. The van der Waals surface area contributed by atoms with E-state index in [0.29, 0.717) is 31.7 Å². The van der Waals surface area contributed by atoms with E-state index in [-0.39, 0.29) is 11.9 Å². The van der Waals surface area contributed by atoms with Crippen molar-refractivity contribution < 1.29 is 13.6 Å². The lowest BCUT2D eigenvalue weighted by molar-refractivity contribution is -0.138. The van der Waals surface area contributed by atoms with Crippen LogP contribution in [-0.4, -0.2) is 41.9 Å². The summed E-state index contributed by atoms with van der Waals surface area (Å²) in [7, 11) is 0. The Labute approximate surface area is 158 Å². The summed E-state index contributed by atoms with van der Waals surface area (Å²) in [5, 5.41) is 0. The summed E-state index contributed by atoms with van der Waals surface area (Å²) >= 11 is 0. The molecule has 2 N–H and O–H groups in total. The third kappa shape index (κ3) is 4.01. The maximum atomic E-state index is 14.1. The van der Waals surface area contributed by atoms with Gasteiger partial charge in [0.25, 0.3) is 0 Å². The first kappa shape index (κ1) is 19.5. The number of benzene rings is 2. The van der Waals surface area contributed by atoms with Gasteiger partial charge in [-0.3, -0.25) is 9.69 Å². The molecule has 6 heteroatoms. The molecule has 1 aliphatic rings. The number of hydrogen-bond acceptors (Lipinski definition) is 3.